The molecule has 0 aliphatic rings. The highest BCUT2D eigenvalue weighted by Crippen LogP contribution is 2.25. The van der Waals surface area contributed by atoms with Gasteiger partial charge in [-0.3, -0.25) is 4.79 Å². The summed E-state index contributed by atoms with van der Waals surface area (Å²) >= 11 is 1.59. The summed E-state index contributed by atoms with van der Waals surface area (Å²) in [4.78, 5) is 12.9. The number of aromatic nitrogens is 4. The van der Waals surface area contributed by atoms with Gasteiger partial charge in [0.1, 0.15) is 6.61 Å². The zero-order chi connectivity index (χ0) is 18.6. The lowest BCUT2D eigenvalue weighted by Gasteiger charge is -2.08. The summed E-state index contributed by atoms with van der Waals surface area (Å²) in [5, 5.41) is 17.9. The molecule has 136 valence electrons. The molecule has 3 aromatic heterocycles. The smallest absolute Gasteiger partial charge is 0.250 e. The molecule has 0 radical (unpaired) electrons. The van der Waals surface area contributed by atoms with E-state index in [0.29, 0.717) is 23.8 Å². The normalized spacial score (nSPS) is 11.0. The number of amides is 1. The molecule has 0 bridgehead atoms. The van der Waals surface area contributed by atoms with Crippen LogP contribution in [0.1, 0.15) is 6.92 Å². The molecule has 0 atom stereocenters. The van der Waals surface area contributed by atoms with E-state index in [1.165, 1.54) is 0 Å². The largest absolute Gasteiger partial charge is 0.372 e. The molecule has 0 aliphatic heterocycles. The van der Waals surface area contributed by atoms with Crippen LogP contribution in [-0.2, 0) is 9.53 Å². The molecule has 8 heteroatoms. The summed E-state index contributed by atoms with van der Waals surface area (Å²) in [5.74, 6) is 0.527. The van der Waals surface area contributed by atoms with E-state index in [0.717, 1.165) is 16.1 Å². The first-order valence-corrected chi connectivity index (χ1v) is 9.37. The third-order valence-corrected chi connectivity index (χ3v) is 4.75. The van der Waals surface area contributed by atoms with Crippen molar-refractivity contribution < 1.29 is 9.53 Å². The van der Waals surface area contributed by atoms with E-state index in [4.69, 9.17) is 9.84 Å². The zero-order valence-corrected chi connectivity index (χ0v) is 15.4. The number of benzene rings is 1. The highest BCUT2D eigenvalue weighted by molar-refractivity contribution is 7.13. The van der Waals surface area contributed by atoms with E-state index >= 15 is 0 Å². The van der Waals surface area contributed by atoms with Gasteiger partial charge in [0.2, 0.25) is 5.91 Å². The van der Waals surface area contributed by atoms with Gasteiger partial charge in [-0.2, -0.15) is 9.61 Å². The Morgan fingerprint density at radius 2 is 2.11 bits per heavy atom. The van der Waals surface area contributed by atoms with Gasteiger partial charge in [0.05, 0.1) is 10.6 Å². The fraction of sp³-hybridized carbons (Fsp3) is 0.158. The standard InChI is InChI=1S/C19H17N5O2S/c1-2-26-12-18(25)20-14-6-3-5-13(11-14)15-8-9-17-21-22-19(24(17)23-15)16-7-4-10-27-16/h3-11H,2,12H2,1H3,(H,20,25). The Balaban J connectivity index is 1.65. The van der Waals surface area contributed by atoms with Crippen molar-refractivity contribution in [2.45, 2.75) is 6.92 Å². The minimum Gasteiger partial charge on any atom is -0.372 e. The Hall–Kier alpha value is -3.10. The molecule has 1 aromatic carbocycles. The molecule has 0 saturated carbocycles. The van der Waals surface area contributed by atoms with Crippen LogP contribution in [0.4, 0.5) is 5.69 Å². The third kappa shape index (κ3) is 3.71. The lowest BCUT2D eigenvalue weighted by atomic mass is 10.1. The van der Waals surface area contributed by atoms with Crippen LogP contribution >= 0.6 is 11.3 Å². The van der Waals surface area contributed by atoms with Crippen molar-refractivity contribution in [2.75, 3.05) is 18.5 Å². The number of rotatable bonds is 6. The van der Waals surface area contributed by atoms with Crippen molar-refractivity contribution >= 4 is 28.6 Å². The van der Waals surface area contributed by atoms with Gasteiger partial charge in [0, 0.05) is 17.9 Å². The molecule has 1 amide bonds. The van der Waals surface area contributed by atoms with E-state index in [1.54, 1.807) is 15.9 Å². The minimum atomic E-state index is -0.184. The average Bonchev–Trinajstić information content (AvgIpc) is 3.35. The van der Waals surface area contributed by atoms with E-state index in [2.05, 4.69) is 15.5 Å². The van der Waals surface area contributed by atoms with Crippen LogP contribution in [0.15, 0.2) is 53.9 Å². The number of carbonyl (C=O) groups is 1. The van der Waals surface area contributed by atoms with Crippen LogP contribution in [0.3, 0.4) is 0 Å². The maximum atomic E-state index is 11.9. The van der Waals surface area contributed by atoms with Crippen LogP contribution < -0.4 is 5.32 Å². The quantitative estimate of drug-likeness (QED) is 0.555. The van der Waals surface area contributed by atoms with Crippen LogP contribution in [0, 0.1) is 0 Å². The van der Waals surface area contributed by atoms with Gasteiger partial charge >= 0.3 is 0 Å². The molecular formula is C19H17N5O2S. The zero-order valence-electron chi connectivity index (χ0n) is 14.6. The van der Waals surface area contributed by atoms with Gasteiger partial charge in [-0.15, -0.1) is 21.5 Å². The first-order chi connectivity index (χ1) is 13.2. The van der Waals surface area contributed by atoms with E-state index in [9.17, 15) is 4.79 Å². The average molecular weight is 379 g/mol. The molecule has 0 unspecified atom stereocenters. The summed E-state index contributed by atoms with van der Waals surface area (Å²) < 4.78 is 6.87. The topological polar surface area (TPSA) is 81.4 Å². The number of ether oxygens (including phenoxy) is 1. The maximum Gasteiger partial charge on any atom is 0.250 e. The maximum absolute atomic E-state index is 11.9. The second kappa shape index (κ2) is 7.65. The Morgan fingerprint density at radius 1 is 1.19 bits per heavy atom. The van der Waals surface area contributed by atoms with Crippen molar-refractivity contribution in [3.63, 3.8) is 0 Å². The molecule has 3 heterocycles. The summed E-state index contributed by atoms with van der Waals surface area (Å²) in [6, 6.07) is 15.3. The van der Waals surface area contributed by atoms with Crippen molar-refractivity contribution in [3.05, 3.63) is 53.9 Å². The molecule has 0 fully saturated rings. The Bertz CT molecular complexity index is 1070. The molecule has 1 N–H and O–H groups in total. The summed E-state index contributed by atoms with van der Waals surface area (Å²) in [7, 11) is 0. The number of nitrogens with zero attached hydrogens (tertiary/aromatic N) is 4. The molecule has 27 heavy (non-hydrogen) atoms. The first-order valence-electron chi connectivity index (χ1n) is 8.49. The van der Waals surface area contributed by atoms with Gasteiger partial charge < -0.3 is 10.1 Å². The molecule has 4 rings (SSSR count). The molecule has 0 aliphatic carbocycles. The fourth-order valence-electron chi connectivity index (χ4n) is 2.65. The number of hydrogen-bond donors (Lipinski definition) is 1. The second-order valence-electron chi connectivity index (χ2n) is 5.76. The van der Waals surface area contributed by atoms with E-state index in [-0.39, 0.29) is 12.5 Å². The number of anilines is 1. The molecule has 0 saturated heterocycles. The van der Waals surface area contributed by atoms with Crippen LogP contribution in [0.25, 0.3) is 27.6 Å². The lowest BCUT2D eigenvalue weighted by molar-refractivity contribution is -0.120. The first kappa shape index (κ1) is 17.3. The van der Waals surface area contributed by atoms with Crippen LogP contribution in [-0.4, -0.2) is 38.9 Å². The predicted molar refractivity (Wildman–Crippen MR) is 105 cm³/mol. The van der Waals surface area contributed by atoms with Gasteiger partial charge in [-0.1, -0.05) is 18.2 Å². The Labute approximate surface area is 159 Å². The number of thiophene rings is 1. The summed E-state index contributed by atoms with van der Waals surface area (Å²) in [5.41, 5.74) is 3.03. The third-order valence-electron chi connectivity index (χ3n) is 3.88. The van der Waals surface area contributed by atoms with Crippen molar-refractivity contribution in [2.24, 2.45) is 0 Å². The van der Waals surface area contributed by atoms with E-state index in [1.807, 2.05) is 60.8 Å². The van der Waals surface area contributed by atoms with Crippen LogP contribution in [0.5, 0.6) is 0 Å². The number of hydrogen-bond acceptors (Lipinski definition) is 6. The molecular weight excluding hydrogens is 362 g/mol. The summed E-state index contributed by atoms with van der Waals surface area (Å²) in [6.45, 7) is 2.39. The number of fused-ring (bicyclic) bond motifs is 1. The van der Waals surface area contributed by atoms with Gasteiger partial charge in [-0.05, 0) is 42.6 Å². The summed E-state index contributed by atoms with van der Waals surface area (Å²) in [6.07, 6.45) is 0. The monoisotopic (exact) mass is 379 g/mol. The number of carbonyl (C=O) groups excluding carboxylic acids is 1. The molecule has 4 aromatic rings. The van der Waals surface area contributed by atoms with Crippen molar-refractivity contribution in [1.29, 1.82) is 0 Å². The highest BCUT2D eigenvalue weighted by Gasteiger charge is 2.12. The van der Waals surface area contributed by atoms with E-state index < -0.39 is 0 Å². The molecule has 7 nitrogen and oxygen atoms in total. The van der Waals surface area contributed by atoms with Gasteiger partial charge in [0.25, 0.3) is 0 Å². The fourth-order valence-corrected chi connectivity index (χ4v) is 3.34. The Morgan fingerprint density at radius 3 is 2.93 bits per heavy atom. The van der Waals surface area contributed by atoms with Crippen molar-refractivity contribution in [1.82, 2.24) is 19.8 Å². The Kier molecular flexibility index (Phi) is 4.91. The lowest BCUT2D eigenvalue weighted by Crippen LogP contribution is -2.18. The predicted octanol–water partition coefficient (Wildman–Crippen LogP) is 3.49. The van der Waals surface area contributed by atoms with Gasteiger partial charge in [0.15, 0.2) is 11.5 Å². The highest BCUT2D eigenvalue weighted by atomic mass is 32.1. The van der Waals surface area contributed by atoms with Crippen LogP contribution in [0.2, 0.25) is 0 Å². The van der Waals surface area contributed by atoms with Crippen molar-refractivity contribution in [3.8, 4) is 22.0 Å². The molecule has 0 spiro atoms. The SMILES string of the molecule is CCOCC(=O)Nc1cccc(-c2ccc3nnc(-c4cccs4)n3n2)c1. The van der Waals surface area contributed by atoms with Gasteiger partial charge in [-0.25, -0.2) is 0 Å². The minimum absolute atomic E-state index is 0.0375. The second-order valence-corrected chi connectivity index (χ2v) is 6.70. The number of nitrogens with one attached hydrogen (secondary N) is 1.